The van der Waals surface area contributed by atoms with Gasteiger partial charge in [0.2, 0.25) is 0 Å². The average molecular weight is 355 g/mol. The molecule has 0 heterocycles. The van der Waals surface area contributed by atoms with Crippen LogP contribution in [0.4, 0.5) is 0 Å². The van der Waals surface area contributed by atoms with Gasteiger partial charge in [-0.1, -0.05) is 85.0 Å². The Morgan fingerprint density at radius 1 is 0.739 bits per heavy atom. The van der Waals surface area contributed by atoms with Gasteiger partial charge >= 0.3 is 10.4 Å². The molecule has 0 aromatic carbocycles. The Kier molecular flexibility index (Phi) is 18.2. The first-order chi connectivity index (χ1) is 10.7. The predicted molar refractivity (Wildman–Crippen MR) is 96.1 cm³/mol. The monoisotopic (exact) mass is 354 g/mol. The lowest BCUT2D eigenvalue weighted by molar-refractivity contribution is 0.221. The van der Waals surface area contributed by atoms with E-state index in [1.807, 2.05) is 0 Å². The molecule has 0 saturated carbocycles. The second-order valence-electron chi connectivity index (χ2n) is 6.68. The van der Waals surface area contributed by atoms with Crippen molar-refractivity contribution in [1.29, 1.82) is 0 Å². The highest BCUT2D eigenvalue weighted by Crippen LogP contribution is 2.18. The predicted octanol–water partition coefficient (Wildman–Crippen LogP) is 4.91. The highest BCUT2D eigenvalue weighted by Gasteiger charge is 2.05. The molecule has 2 unspecified atom stereocenters. The van der Waals surface area contributed by atoms with Crippen LogP contribution in [0.2, 0.25) is 0 Å². The highest BCUT2D eigenvalue weighted by molar-refractivity contribution is 7.79. The van der Waals surface area contributed by atoms with Crippen molar-refractivity contribution >= 4 is 10.4 Å². The zero-order valence-electron chi connectivity index (χ0n) is 15.2. The summed E-state index contributed by atoms with van der Waals surface area (Å²) in [4.78, 5) is 0. The van der Waals surface area contributed by atoms with Crippen molar-refractivity contribution in [3.63, 3.8) is 0 Å². The van der Waals surface area contributed by atoms with E-state index in [1.54, 1.807) is 0 Å². The van der Waals surface area contributed by atoms with Crippen molar-refractivity contribution < 1.29 is 22.6 Å². The molecule has 142 valence electrons. The summed E-state index contributed by atoms with van der Waals surface area (Å²) in [5, 5.41) is 8.98. The van der Waals surface area contributed by atoms with E-state index in [4.69, 9.17) is 22.6 Å². The van der Waals surface area contributed by atoms with E-state index < -0.39 is 10.4 Å². The quantitative estimate of drug-likeness (QED) is 0.323. The van der Waals surface area contributed by atoms with Crippen LogP contribution in [-0.4, -0.2) is 29.2 Å². The zero-order chi connectivity index (χ0) is 18.1. The van der Waals surface area contributed by atoms with E-state index >= 15 is 0 Å². The van der Waals surface area contributed by atoms with Gasteiger partial charge in [-0.05, 0) is 18.3 Å². The molecule has 0 aliphatic carbocycles. The van der Waals surface area contributed by atoms with Crippen molar-refractivity contribution in [2.45, 2.75) is 91.4 Å². The lowest BCUT2D eigenvalue weighted by Crippen LogP contribution is -2.04. The van der Waals surface area contributed by atoms with Gasteiger partial charge in [-0.2, -0.15) is 8.42 Å². The summed E-state index contributed by atoms with van der Waals surface area (Å²) >= 11 is 0. The molecule has 0 spiro atoms. The number of aliphatic hydroxyl groups excluding tert-OH is 1. The first kappa shape index (κ1) is 25.1. The topological polar surface area (TPSA) is 94.8 Å². The molecular weight excluding hydrogens is 316 g/mol. The van der Waals surface area contributed by atoms with Crippen molar-refractivity contribution in [2.24, 2.45) is 11.8 Å². The Balaban J connectivity index is 0. The van der Waals surface area contributed by atoms with Crippen LogP contribution in [0.25, 0.3) is 0 Å². The summed E-state index contributed by atoms with van der Waals surface area (Å²) in [7, 11) is -4.67. The molecule has 2 atom stereocenters. The summed E-state index contributed by atoms with van der Waals surface area (Å²) in [5.74, 6) is 1.34. The second-order valence-corrected chi connectivity index (χ2v) is 7.58. The Hall–Kier alpha value is -0.170. The van der Waals surface area contributed by atoms with Gasteiger partial charge in [0, 0.05) is 6.61 Å². The molecule has 0 aromatic heterocycles. The fraction of sp³-hybridized carbons (Fsp3) is 1.00. The first-order valence-electron chi connectivity index (χ1n) is 9.01. The summed E-state index contributed by atoms with van der Waals surface area (Å²) in [6.07, 6.45) is 15.2. The van der Waals surface area contributed by atoms with Crippen LogP contribution in [-0.2, 0) is 10.4 Å². The maximum absolute atomic E-state index is 8.98. The average Bonchev–Trinajstić information content (AvgIpc) is 2.45. The molecule has 0 radical (unpaired) electrons. The number of hydrogen-bond acceptors (Lipinski definition) is 3. The number of rotatable bonds is 13. The Labute approximate surface area is 143 Å². The Bertz CT molecular complexity index is 322. The third-order valence-electron chi connectivity index (χ3n) is 4.01. The highest BCUT2D eigenvalue weighted by atomic mass is 32.3. The molecule has 0 aliphatic heterocycles. The minimum absolute atomic E-state index is 0.352. The molecule has 3 N–H and O–H groups in total. The molecular formula is C17H38O5S. The molecule has 0 aliphatic rings. The van der Waals surface area contributed by atoms with Crippen LogP contribution in [0.1, 0.15) is 91.4 Å². The molecule has 0 fully saturated rings. The van der Waals surface area contributed by atoms with Gasteiger partial charge in [-0.15, -0.1) is 0 Å². The lowest BCUT2D eigenvalue weighted by Gasteiger charge is -2.13. The number of aliphatic hydroxyl groups is 1. The van der Waals surface area contributed by atoms with E-state index in [0.717, 1.165) is 5.92 Å². The maximum Gasteiger partial charge on any atom is 0.394 e. The van der Waals surface area contributed by atoms with E-state index in [1.165, 1.54) is 70.6 Å². The Morgan fingerprint density at radius 2 is 1.13 bits per heavy atom. The van der Waals surface area contributed by atoms with Crippen LogP contribution in [0.3, 0.4) is 0 Å². The van der Waals surface area contributed by atoms with Gasteiger partial charge in [-0.25, -0.2) is 0 Å². The molecule has 0 bridgehead atoms. The molecule has 0 aromatic rings. The SMILES string of the molecule is CCCCCCCCCCC(C)CCC(C)CO.O=S(=O)(O)O. The van der Waals surface area contributed by atoms with Crippen LogP contribution in [0, 0.1) is 11.8 Å². The molecule has 23 heavy (non-hydrogen) atoms. The fourth-order valence-electron chi connectivity index (χ4n) is 2.43. The summed E-state index contributed by atoms with van der Waals surface area (Å²) in [5.41, 5.74) is 0. The molecule has 0 rings (SSSR count). The minimum atomic E-state index is -4.67. The number of unbranched alkanes of at least 4 members (excludes halogenated alkanes) is 7. The standard InChI is InChI=1S/C17H36O.H2O4S/c1-4-5-6-7-8-9-10-11-12-16(2)13-14-17(3)15-18;1-5(2,3)4/h16-18H,4-15H2,1-3H3;(H2,1,2,3,4). The van der Waals surface area contributed by atoms with Gasteiger partial charge in [-0.3, -0.25) is 9.11 Å². The third kappa shape index (κ3) is 30.3. The van der Waals surface area contributed by atoms with Gasteiger partial charge in [0.05, 0.1) is 0 Å². The molecule has 0 amide bonds. The van der Waals surface area contributed by atoms with Gasteiger partial charge in [0.15, 0.2) is 0 Å². The van der Waals surface area contributed by atoms with Crippen molar-refractivity contribution in [3.8, 4) is 0 Å². The normalized spacial score (nSPS) is 14.0. The molecule has 6 heteroatoms. The van der Waals surface area contributed by atoms with Crippen LogP contribution in [0.5, 0.6) is 0 Å². The summed E-state index contributed by atoms with van der Waals surface area (Å²) in [6, 6.07) is 0. The Morgan fingerprint density at radius 3 is 1.57 bits per heavy atom. The maximum atomic E-state index is 8.98. The second kappa shape index (κ2) is 16.7. The smallest absolute Gasteiger partial charge is 0.394 e. The van der Waals surface area contributed by atoms with Crippen molar-refractivity contribution in [3.05, 3.63) is 0 Å². The zero-order valence-corrected chi connectivity index (χ0v) is 16.0. The van der Waals surface area contributed by atoms with E-state index in [-0.39, 0.29) is 0 Å². The number of hydrogen-bond donors (Lipinski definition) is 3. The van der Waals surface area contributed by atoms with Gasteiger partial charge in [0.1, 0.15) is 0 Å². The summed E-state index contributed by atoms with van der Waals surface area (Å²) in [6.45, 7) is 7.14. The molecule has 0 saturated heterocycles. The largest absolute Gasteiger partial charge is 0.396 e. The fourth-order valence-corrected chi connectivity index (χ4v) is 2.43. The van der Waals surface area contributed by atoms with Crippen LogP contribution in [0.15, 0.2) is 0 Å². The van der Waals surface area contributed by atoms with Crippen LogP contribution >= 0.6 is 0 Å². The van der Waals surface area contributed by atoms with Crippen molar-refractivity contribution in [1.82, 2.24) is 0 Å². The minimum Gasteiger partial charge on any atom is -0.396 e. The first-order valence-corrected chi connectivity index (χ1v) is 10.4. The third-order valence-corrected chi connectivity index (χ3v) is 4.01. The van der Waals surface area contributed by atoms with Gasteiger partial charge < -0.3 is 5.11 Å². The van der Waals surface area contributed by atoms with Gasteiger partial charge in [0.25, 0.3) is 0 Å². The van der Waals surface area contributed by atoms with Crippen molar-refractivity contribution in [2.75, 3.05) is 6.61 Å². The van der Waals surface area contributed by atoms with E-state index in [9.17, 15) is 0 Å². The molecule has 5 nitrogen and oxygen atoms in total. The summed E-state index contributed by atoms with van der Waals surface area (Å²) < 4.78 is 31.6. The van der Waals surface area contributed by atoms with E-state index in [0.29, 0.717) is 12.5 Å². The van der Waals surface area contributed by atoms with E-state index in [2.05, 4.69) is 20.8 Å². The lowest BCUT2D eigenvalue weighted by atomic mass is 9.94. The van der Waals surface area contributed by atoms with Crippen LogP contribution < -0.4 is 0 Å².